The maximum atomic E-state index is 14.6. The van der Waals surface area contributed by atoms with E-state index < -0.39 is 145 Å². The molecule has 0 aliphatic carbocycles. The lowest BCUT2D eigenvalue weighted by Crippen LogP contribution is -2.61. The van der Waals surface area contributed by atoms with E-state index in [4.69, 9.17) is 22.9 Å². The second-order valence-corrected chi connectivity index (χ2v) is 21.4. The van der Waals surface area contributed by atoms with E-state index in [0.717, 1.165) is 21.6 Å². The van der Waals surface area contributed by atoms with Gasteiger partial charge in [0.05, 0.1) is 12.5 Å². The predicted molar refractivity (Wildman–Crippen MR) is 268 cm³/mol. The van der Waals surface area contributed by atoms with Gasteiger partial charge in [-0.15, -0.1) is 0 Å². The van der Waals surface area contributed by atoms with E-state index in [9.17, 15) is 57.8 Å². The molecule has 10 atom stereocenters. The summed E-state index contributed by atoms with van der Waals surface area (Å²) < 4.78 is 0. The first-order chi connectivity index (χ1) is 33.8. The summed E-state index contributed by atoms with van der Waals surface area (Å²) in [6, 6.07) is -6.13. The number of primary amides is 3. The number of nitrogens with two attached hydrogens (primary N) is 4. The molecular weight excluding hydrogens is 977 g/mol. The van der Waals surface area contributed by atoms with Crippen LogP contribution in [0.15, 0.2) is 24.3 Å². The summed E-state index contributed by atoms with van der Waals surface area (Å²) >= 11 is 0. The highest BCUT2D eigenvalue weighted by atomic mass is 33.1. The number of carbonyl (C=O) groups is 11. The summed E-state index contributed by atoms with van der Waals surface area (Å²) in [6.07, 6.45) is -0.721. The molecule has 2 aliphatic rings. The third-order valence-electron chi connectivity index (χ3n) is 12.1. The number of nitrogens with zero attached hydrogens (tertiary/aromatic N) is 1. The van der Waals surface area contributed by atoms with Crippen molar-refractivity contribution < 1.29 is 57.8 Å². The van der Waals surface area contributed by atoms with Crippen LogP contribution in [0, 0.1) is 17.8 Å². The van der Waals surface area contributed by atoms with Gasteiger partial charge in [-0.1, -0.05) is 81.7 Å². The molecule has 16 N–H and O–H groups in total. The number of hydrogen-bond donors (Lipinski definition) is 12. The van der Waals surface area contributed by atoms with Crippen LogP contribution in [0.1, 0.15) is 92.1 Å². The molecule has 2 saturated heterocycles. The number of benzene rings is 1. The van der Waals surface area contributed by atoms with Gasteiger partial charge in [-0.25, -0.2) is 0 Å². The fourth-order valence-electron chi connectivity index (χ4n) is 7.87. The van der Waals surface area contributed by atoms with Gasteiger partial charge < -0.3 is 70.2 Å². The van der Waals surface area contributed by atoms with E-state index in [1.54, 1.807) is 27.7 Å². The van der Waals surface area contributed by atoms with E-state index in [1.165, 1.54) is 29.2 Å². The largest absolute Gasteiger partial charge is 0.508 e. The summed E-state index contributed by atoms with van der Waals surface area (Å²) in [5, 5.41) is 28.1. The van der Waals surface area contributed by atoms with E-state index in [2.05, 4.69) is 37.2 Å². The average molecular weight is 1050 g/mol. The van der Waals surface area contributed by atoms with Gasteiger partial charge >= 0.3 is 0 Å². The van der Waals surface area contributed by atoms with Crippen molar-refractivity contribution in [1.82, 2.24) is 42.1 Å². The van der Waals surface area contributed by atoms with Crippen molar-refractivity contribution in [2.24, 2.45) is 40.7 Å². The lowest BCUT2D eigenvalue weighted by molar-refractivity contribution is -0.142. The van der Waals surface area contributed by atoms with Gasteiger partial charge in [0, 0.05) is 30.9 Å². The Bertz CT molecular complexity index is 2130. The summed E-state index contributed by atoms with van der Waals surface area (Å²) in [5.41, 5.74) is 23.3. The Morgan fingerprint density at radius 2 is 1.36 bits per heavy atom. The van der Waals surface area contributed by atoms with Crippen molar-refractivity contribution in [3.05, 3.63) is 29.8 Å². The van der Waals surface area contributed by atoms with Crippen LogP contribution in [0.3, 0.4) is 0 Å². The van der Waals surface area contributed by atoms with Crippen LogP contribution in [0.2, 0.25) is 0 Å². The van der Waals surface area contributed by atoms with E-state index >= 15 is 0 Å². The molecule has 26 heteroatoms. The number of nitrogens with one attached hydrogen (secondary N) is 7. The smallest absolute Gasteiger partial charge is 0.246 e. The summed E-state index contributed by atoms with van der Waals surface area (Å²) in [6.45, 7) is 10.5. The molecule has 0 aromatic heterocycles. The van der Waals surface area contributed by atoms with Crippen molar-refractivity contribution in [2.45, 2.75) is 147 Å². The van der Waals surface area contributed by atoms with E-state index in [1.807, 2.05) is 13.8 Å². The Labute approximate surface area is 426 Å². The Balaban J connectivity index is 2.06. The molecule has 0 bridgehead atoms. The monoisotopic (exact) mass is 1050 g/mol. The third-order valence-corrected chi connectivity index (χ3v) is 14.6. The van der Waals surface area contributed by atoms with Crippen molar-refractivity contribution in [1.29, 1.82) is 0 Å². The second kappa shape index (κ2) is 28.8. The average Bonchev–Trinajstić information content (AvgIpc) is 3.81. The Morgan fingerprint density at radius 1 is 0.764 bits per heavy atom. The topological polar surface area (TPSA) is 400 Å². The van der Waals surface area contributed by atoms with Crippen LogP contribution in [-0.4, -0.2) is 147 Å². The summed E-state index contributed by atoms with van der Waals surface area (Å²) in [4.78, 5) is 150. The first-order valence-electron chi connectivity index (χ1n) is 23.9. The zero-order valence-corrected chi connectivity index (χ0v) is 43.2. The highest BCUT2D eigenvalue weighted by Crippen LogP contribution is 2.26. The van der Waals surface area contributed by atoms with Gasteiger partial charge in [-0.05, 0) is 61.1 Å². The maximum Gasteiger partial charge on any atom is 0.246 e. The van der Waals surface area contributed by atoms with E-state index in [-0.39, 0.29) is 54.9 Å². The van der Waals surface area contributed by atoms with Crippen LogP contribution < -0.4 is 60.2 Å². The second-order valence-electron chi connectivity index (χ2n) is 18.9. The molecule has 3 rings (SSSR count). The summed E-state index contributed by atoms with van der Waals surface area (Å²) in [7, 11) is 2.05. The van der Waals surface area contributed by atoms with Crippen molar-refractivity contribution in [3.63, 3.8) is 0 Å². The number of hydrogen-bond acceptors (Lipinski definition) is 15. The summed E-state index contributed by atoms with van der Waals surface area (Å²) in [5.74, 6) is -10.7. The fraction of sp³-hybridized carbons (Fsp3) is 0.630. The molecule has 24 nitrogen and oxygen atoms in total. The normalized spacial score (nSPS) is 24.3. The standard InChI is InChI=1S/C46H72N12O12S2/c1-7-24(6)37-45(69)51-28(14-15-34(48)60)40(64)53-31(19-35(49)61)41(65)55-32(21-72-71-20-27(47)39(63)52-30(43(67)57-37)18-25-10-12-26(59)13-11-25)46(70)58-16-8-9-33(58)44(68)54-29(17-22(2)3)42(66)56-36(23(4)5)38(50)62/h10-13,22-24,27-33,36-37,59H,7-9,14-21,47H2,1-6H3,(H2,48,60)(H2,49,61)(H2,50,62)(H,51,69)(H,52,63)(H,53,64)(H,54,68)(H,55,65)(H,56,66)(H,57,67)/t24-,27-,28?,29-,30?,31-,32?,33-,36-,37-/m0/s1. The van der Waals surface area contributed by atoms with Crippen molar-refractivity contribution >= 4 is 86.6 Å². The van der Waals surface area contributed by atoms with Gasteiger partial charge in [0.25, 0.3) is 0 Å². The zero-order chi connectivity index (χ0) is 54.0. The maximum absolute atomic E-state index is 14.6. The van der Waals surface area contributed by atoms with Gasteiger partial charge in [0.1, 0.15) is 54.1 Å². The molecule has 2 heterocycles. The number of aromatic hydroxyl groups is 1. The Kier molecular flexibility index (Phi) is 24.0. The molecule has 3 unspecified atom stereocenters. The first-order valence-corrected chi connectivity index (χ1v) is 26.4. The molecule has 11 amide bonds. The van der Waals surface area contributed by atoms with E-state index in [0.29, 0.717) is 18.4 Å². The van der Waals surface area contributed by atoms with Crippen LogP contribution in [0.25, 0.3) is 0 Å². The molecule has 1 aromatic rings. The minimum atomic E-state index is -1.76. The third kappa shape index (κ3) is 18.8. The number of phenolic OH excluding ortho intramolecular Hbond substituents is 1. The number of phenols is 1. The number of amides is 11. The van der Waals surface area contributed by atoms with Crippen molar-refractivity contribution in [2.75, 3.05) is 18.1 Å². The number of carbonyl (C=O) groups excluding carboxylic acids is 11. The molecule has 2 fully saturated rings. The van der Waals surface area contributed by atoms with Crippen LogP contribution in [0.4, 0.5) is 0 Å². The molecule has 2 aliphatic heterocycles. The Hall–Kier alpha value is -6.15. The van der Waals surface area contributed by atoms with Gasteiger partial charge in [-0.3, -0.25) is 52.7 Å². The van der Waals surface area contributed by atoms with Gasteiger partial charge in [-0.2, -0.15) is 0 Å². The first kappa shape index (κ1) is 60.2. The lowest BCUT2D eigenvalue weighted by Gasteiger charge is -2.31. The predicted octanol–water partition coefficient (Wildman–Crippen LogP) is -2.58. The molecule has 1 aromatic carbocycles. The molecule has 0 radical (unpaired) electrons. The SMILES string of the molecule is CC[C@H](C)[C@@H]1NC(=O)C(Cc2ccc(O)cc2)NC(=O)[C@@H](N)CSSCC(C(=O)N2CCC[C@H]2C(=O)N[C@@H](CC(C)C)C(=O)N[C@H](C(N)=O)C(C)C)NC(=O)[C@H](CC(N)=O)NC(=O)C(CCC(N)=O)NC1=O. The minimum absolute atomic E-state index is 0.0451. The van der Waals surface area contributed by atoms with Gasteiger partial charge in [0.2, 0.25) is 65.0 Å². The molecule has 72 heavy (non-hydrogen) atoms. The quantitative estimate of drug-likeness (QED) is 0.0672. The zero-order valence-electron chi connectivity index (χ0n) is 41.5. The molecule has 400 valence electrons. The fourth-order valence-corrected chi connectivity index (χ4v) is 10.1. The number of rotatable bonds is 18. The van der Waals surface area contributed by atoms with Crippen LogP contribution >= 0.6 is 21.6 Å². The van der Waals surface area contributed by atoms with Crippen molar-refractivity contribution in [3.8, 4) is 5.75 Å². The van der Waals surface area contributed by atoms with Crippen LogP contribution in [-0.2, 0) is 59.2 Å². The van der Waals surface area contributed by atoms with Crippen LogP contribution in [0.5, 0.6) is 5.75 Å². The van der Waals surface area contributed by atoms with Gasteiger partial charge in [0.15, 0.2) is 0 Å². The minimum Gasteiger partial charge on any atom is -0.508 e. The number of likely N-dealkylation sites (tertiary alicyclic amines) is 1. The molecular formula is C46H72N12O12S2. The highest BCUT2D eigenvalue weighted by Gasteiger charge is 2.41. The molecule has 0 saturated carbocycles. The highest BCUT2D eigenvalue weighted by molar-refractivity contribution is 8.76. The Morgan fingerprint density at radius 3 is 1.94 bits per heavy atom. The molecule has 0 spiro atoms. The lowest BCUT2D eigenvalue weighted by atomic mass is 9.96.